The molecule has 0 amide bonds. The Morgan fingerprint density at radius 2 is 0.557 bits per heavy atom. The molecule has 0 spiro atoms. The molecular formula is C82H136O6. The monoisotopic (exact) mass is 1220 g/mol. The van der Waals surface area contributed by atoms with Crippen molar-refractivity contribution in [3.8, 4) is 17.2 Å². The fourth-order valence-corrected chi connectivity index (χ4v) is 12.7. The highest BCUT2D eigenvalue weighted by Crippen LogP contribution is 2.39. The predicted octanol–water partition coefficient (Wildman–Crippen LogP) is 25.0. The van der Waals surface area contributed by atoms with E-state index in [1.807, 2.05) is 0 Å². The first-order valence-corrected chi connectivity index (χ1v) is 37.8. The van der Waals surface area contributed by atoms with E-state index < -0.39 is 0 Å². The number of ether oxygens (including phenoxy) is 3. The zero-order chi connectivity index (χ0) is 63.4. The van der Waals surface area contributed by atoms with Gasteiger partial charge in [-0.3, -0.25) is 14.4 Å². The lowest BCUT2D eigenvalue weighted by atomic mass is 9.72. The molecule has 0 aliphatic carbocycles. The van der Waals surface area contributed by atoms with Gasteiger partial charge in [-0.25, -0.2) is 0 Å². The third-order valence-corrected chi connectivity index (χ3v) is 19.7. The zero-order valence-corrected chi connectivity index (χ0v) is 58.5. The first-order chi connectivity index (χ1) is 43.1. The summed E-state index contributed by atoms with van der Waals surface area (Å²) in [6.45, 7) is 17.7. The summed E-state index contributed by atoms with van der Waals surface area (Å²) in [6, 6.07) is 26.2. The smallest absolute Gasteiger partial charge is 0.132 e. The molecule has 3 aromatic rings. The summed E-state index contributed by atoms with van der Waals surface area (Å²) in [5, 5.41) is 0. The number of benzene rings is 3. The molecule has 0 fully saturated rings. The number of aryl methyl sites for hydroxylation is 1. The van der Waals surface area contributed by atoms with Gasteiger partial charge in [0.2, 0.25) is 0 Å². The van der Waals surface area contributed by atoms with Gasteiger partial charge in [-0.1, -0.05) is 297 Å². The topological polar surface area (TPSA) is 78.9 Å². The summed E-state index contributed by atoms with van der Waals surface area (Å²) in [6.07, 6.45) is 54.5. The molecule has 0 saturated carbocycles. The molecule has 3 aromatic carbocycles. The fourth-order valence-electron chi connectivity index (χ4n) is 12.7. The van der Waals surface area contributed by atoms with Crippen LogP contribution in [-0.4, -0.2) is 37.2 Å². The molecule has 500 valence electrons. The molecule has 0 aliphatic heterocycles. The van der Waals surface area contributed by atoms with Crippen LogP contribution in [0.25, 0.3) is 0 Å². The largest absolute Gasteiger partial charge is 0.493 e. The second kappa shape index (κ2) is 52.7. The summed E-state index contributed by atoms with van der Waals surface area (Å²) >= 11 is 0. The van der Waals surface area contributed by atoms with Crippen LogP contribution in [0.3, 0.4) is 0 Å². The summed E-state index contributed by atoms with van der Waals surface area (Å²) < 4.78 is 19.3. The van der Waals surface area contributed by atoms with Crippen LogP contribution in [0.4, 0.5) is 0 Å². The Balaban J connectivity index is 1.55. The van der Waals surface area contributed by atoms with Crippen molar-refractivity contribution in [3.05, 3.63) is 89.5 Å². The van der Waals surface area contributed by atoms with Gasteiger partial charge in [0.15, 0.2) is 0 Å². The number of hydrogen-bond acceptors (Lipinski definition) is 6. The Kier molecular flexibility index (Phi) is 46.9. The SMILES string of the molecule is CCCCCCCCCCCCCC(=O)CCC(CC)COc1ccc(CCC(C)(c2ccc(OCC(CC)CCC(=O)CCCCCCCCCCCCC)cc2)c2ccc(OCC(CC)CCC(=O)CCCCCCCCCCCCC)cc2)cc1. The molecule has 0 saturated heterocycles. The van der Waals surface area contributed by atoms with Crippen molar-refractivity contribution < 1.29 is 28.6 Å². The third kappa shape index (κ3) is 38.0. The number of carbonyl (C=O) groups is 3. The maximum Gasteiger partial charge on any atom is 0.132 e. The van der Waals surface area contributed by atoms with E-state index in [9.17, 15) is 14.4 Å². The maximum absolute atomic E-state index is 12.9. The summed E-state index contributed by atoms with van der Waals surface area (Å²) in [7, 11) is 0. The van der Waals surface area contributed by atoms with Gasteiger partial charge in [0.25, 0.3) is 0 Å². The number of unbranched alkanes of at least 4 members (excludes halogenated alkanes) is 30. The lowest BCUT2D eigenvalue weighted by Gasteiger charge is -2.32. The van der Waals surface area contributed by atoms with Crippen LogP contribution < -0.4 is 14.2 Å². The van der Waals surface area contributed by atoms with Crippen molar-refractivity contribution in [1.29, 1.82) is 0 Å². The van der Waals surface area contributed by atoms with Crippen molar-refractivity contribution in [2.45, 2.75) is 356 Å². The average molecular weight is 1220 g/mol. The fraction of sp³-hybridized carbons (Fsp3) is 0.744. The first kappa shape index (κ1) is 78.3. The number of rotatable bonds is 62. The standard InChI is InChI=1S/C82H136O6/c1-8-14-17-20-23-26-29-32-35-38-41-44-76(83)56-47-70(11-4)67-86-79-59-50-73(51-60-79)65-66-82(7,74-52-61-80(62-53-74)87-68-71(12-5)48-57-77(84)45-42-39-36-33-30-27-24-21-18-15-9-2)75-54-63-81(64-55-75)88-69-72(13-6)49-58-78(85)46-43-40-37-34-31-28-25-22-19-16-10-3/h50-55,59-64,70-72H,8-49,56-58,65-69H2,1-7H3. The number of hydrogen-bond donors (Lipinski definition) is 0. The Bertz CT molecular complexity index is 2010. The van der Waals surface area contributed by atoms with Crippen LogP contribution in [0.5, 0.6) is 17.2 Å². The summed E-state index contributed by atoms with van der Waals surface area (Å²) in [5.41, 5.74) is 3.44. The normalized spacial score (nSPS) is 13.3. The molecule has 3 atom stereocenters. The third-order valence-electron chi connectivity index (χ3n) is 19.7. The molecule has 88 heavy (non-hydrogen) atoms. The van der Waals surface area contributed by atoms with Crippen molar-refractivity contribution in [1.82, 2.24) is 0 Å². The number of Topliss-reactive ketones (excluding diaryl/α,β-unsaturated/α-hetero) is 3. The second-order valence-corrected chi connectivity index (χ2v) is 27.4. The molecule has 0 bridgehead atoms. The minimum atomic E-state index is -0.300. The van der Waals surface area contributed by atoms with Gasteiger partial charge in [-0.05, 0) is 122 Å². The Labute approximate surface area is 543 Å². The highest BCUT2D eigenvalue weighted by molar-refractivity contribution is 5.79. The molecule has 3 rings (SSSR count). The van der Waals surface area contributed by atoms with Crippen LogP contribution in [-0.2, 0) is 26.2 Å². The van der Waals surface area contributed by atoms with Crippen molar-refractivity contribution in [3.63, 3.8) is 0 Å². The molecule has 0 aliphatic rings. The van der Waals surface area contributed by atoms with E-state index in [4.69, 9.17) is 14.2 Å². The van der Waals surface area contributed by atoms with Crippen LogP contribution in [0.15, 0.2) is 72.8 Å². The molecule has 6 nitrogen and oxygen atoms in total. The van der Waals surface area contributed by atoms with Gasteiger partial charge in [0, 0.05) is 43.9 Å². The highest BCUT2D eigenvalue weighted by atomic mass is 16.5. The van der Waals surface area contributed by atoms with Crippen molar-refractivity contribution in [2.75, 3.05) is 19.8 Å². The van der Waals surface area contributed by atoms with Gasteiger partial charge in [-0.15, -0.1) is 0 Å². The van der Waals surface area contributed by atoms with E-state index in [2.05, 4.69) is 121 Å². The van der Waals surface area contributed by atoms with Crippen LogP contribution >= 0.6 is 0 Å². The van der Waals surface area contributed by atoms with E-state index in [1.54, 1.807) is 0 Å². The van der Waals surface area contributed by atoms with E-state index in [1.165, 1.54) is 209 Å². The summed E-state index contributed by atoms with van der Waals surface area (Å²) in [4.78, 5) is 38.7. The van der Waals surface area contributed by atoms with E-state index in [0.29, 0.717) is 74.2 Å². The van der Waals surface area contributed by atoms with Gasteiger partial charge in [0.1, 0.15) is 34.6 Å². The Hall–Kier alpha value is -3.93. The molecular weight excluding hydrogens is 1080 g/mol. The van der Waals surface area contributed by atoms with Crippen LogP contribution in [0, 0.1) is 17.8 Å². The Morgan fingerprint density at radius 1 is 0.318 bits per heavy atom. The molecule has 6 heteroatoms. The molecule has 0 aromatic heterocycles. The Morgan fingerprint density at radius 3 is 0.807 bits per heavy atom. The van der Waals surface area contributed by atoms with E-state index >= 15 is 0 Å². The number of ketones is 3. The highest BCUT2D eigenvalue weighted by Gasteiger charge is 2.29. The molecule has 0 radical (unpaired) electrons. The van der Waals surface area contributed by atoms with Crippen molar-refractivity contribution in [2.24, 2.45) is 17.8 Å². The lowest BCUT2D eigenvalue weighted by molar-refractivity contribution is -0.120. The van der Waals surface area contributed by atoms with Gasteiger partial charge in [-0.2, -0.15) is 0 Å². The first-order valence-electron chi connectivity index (χ1n) is 37.8. The van der Waals surface area contributed by atoms with E-state index in [0.717, 1.165) is 107 Å². The predicted molar refractivity (Wildman–Crippen MR) is 378 cm³/mol. The average Bonchev–Trinajstić information content (AvgIpc) is 2.45. The lowest BCUT2D eigenvalue weighted by Crippen LogP contribution is -2.24. The molecule has 0 N–H and O–H groups in total. The van der Waals surface area contributed by atoms with Crippen LogP contribution in [0.1, 0.15) is 361 Å². The zero-order valence-electron chi connectivity index (χ0n) is 58.5. The molecule has 0 heterocycles. The molecule has 3 unspecified atom stereocenters. The minimum Gasteiger partial charge on any atom is -0.493 e. The van der Waals surface area contributed by atoms with Crippen LogP contribution in [0.2, 0.25) is 0 Å². The van der Waals surface area contributed by atoms with Gasteiger partial charge in [0.05, 0.1) is 19.8 Å². The summed E-state index contributed by atoms with van der Waals surface area (Å²) in [5.74, 6) is 4.91. The minimum absolute atomic E-state index is 0.300. The van der Waals surface area contributed by atoms with Gasteiger partial charge < -0.3 is 14.2 Å². The van der Waals surface area contributed by atoms with E-state index in [-0.39, 0.29) is 5.41 Å². The van der Waals surface area contributed by atoms with Gasteiger partial charge >= 0.3 is 0 Å². The number of carbonyl (C=O) groups excluding carboxylic acids is 3. The maximum atomic E-state index is 12.9. The second-order valence-electron chi connectivity index (χ2n) is 27.4. The quantitative estimate of drug-likeness (QED) is 0.0524. The van der Waals surface area contributed by atoms with Crippen molar-refractivity contribution >= 4 is 17.3 Å².